The molecule has 0 bridgehead atoms. The van der Waals surface area contributed by atoms with Crippen molar-refractivity contribution in [2.24, 2.45) is 52.8 Å². The van der Waals surface area contributed by atoms with Gasteiger partial charge in [0.25, 0.3) is 11.8 Å². The van der Waals surface area contributed by atoms with Crippen molar-refractivity contribution in [1.82, 2.24) is 10.6 Å². The number of esters is 7. The summed E-state index contributed by atoms with van der Waals surface area (Å²) in [6.45, 7) is 51.7. The van der Waals surface area contributed by atoms with Crippen LogP contribution in [0.25, 0.3) is 0 Å². The summed E-state index contributed by atoms with van der Waals surface area (Å²) in [4.78, 5) is 156. The first-order valence-corrected chi connectivity index (χ1v) is 38.8. The van der Waals surface area contributed by atoms with Crippen molar-refractivity contribution in [3.63, 3.8) is 0 Å². The SMILES string of the molecule is CC(=O)Oc1ccc(C(=O)NCCC(=O)C(C)C)cc1.CC(=O)Oc1cccc(C(=O)NCCC(=O)C(C)C)c1.CC(=O)Oc1cccc(CCC(=O)C(C)C)c1.CC(C)CC(=O)OC(C)(C)C.CCC.CCC(C)C.COC(=O)C(C)(C)CC(C)C.COC(=O)CCC(=O)C(C)C.COC(=O)CCCCC(=O)C(C)C. The van der Waals surface area contributed by atoms with E-state index in [0.717, 1.165) is 30.7 Å². The first-order chi connectivity index (χ1) is 51.3. The van der Waals surface area contributed by atoms with E-state index < -0.39 is 11.9 Å². The van der Waals surface area contributed by atoms with E-state index in [1.807, 2.05) is 130 Å². The Labute approximate surface area is 666 Å². The monoisotopic (exact) mass is 1570 g/mol. The number of hydrogen-bond donors (Lipinski definition) is 2. The van der Waals surface area contributed by atoms with Crippen molar-refractivity contribution in [2.75, 3.05) is 34.4 Å². The third kappa shape index (κ3) is 71.3. The van der Waals surface area contributed by atoms with Crippen LogP contribution in [0.5, 0.6) is 17.2 Å². The summed E-state index contributed by atoms with van der Waals surface area (Å²) < 4.78 is 33.4. The summed E-state index contributed by atoms with van der Waals surface area (Å²) in [6, 6.07) is 19.9. The molecule has 0 radical (unpaired) electrons. The third-order valence-corrected chi connectivity index (χ3v) is 14.6. The molecule has 23 heteroatoms. The Kier molecular flexibility index (Phi) is 67.2. The zero-order chi connectivity index (χ0) is 87.3. The van der Waals surface area contributed by atoms with Crippen molar-refractivity contribution >= 4 is 82.5 Å². The second kappa shape index (κ2) is 65.9. The highest BCUT2D eigenvalue weighted by Crippen LogP contribution is 2.26. The number of amides is 2. The molecule has 0 unspecified atom stereocenters. The number of hydrogen-bond acceptors (Lipinski definition) is 21. The van der Waals surface area contributed by atoms with Crippen LogP contribution in [0.3, 0.4) is 0 Å². The highest BCUT2D eigenvalue weighted by Gasteiger charge is 2.29. The lowest BCUT2D eigenvalue weighted by Crippen LogP contribution is -2.27. The summed E-state index contributed by atoms with van der Waals surface area (Å²) in [5, 5.41) is 5.34. The van der Waals surface area contributed by atoms with E-state index >= 15 is 0 Å². The maximum absolute atomic E-state index is 11.9. The molecule has 2 N–H and O–H groups in total. The molecule has 23 nitrogen and oxygen atoms in total. The molecule has 0 atom stereocenters. The van der Waals surface area contributed by atoms with Crippen LogP contribution in [-0.2, 0) is 82.9 Å². The molecule has 0 saturated heterocycles. The summed E-state index contributed by atoms with van der Waals surface area (Å²) in [5.41, 5.74) is 1.19. The summed E-state index contributed by atoms with van der Waals surface area (Å²) >= 11 is 0. The van der Waals surface area contributed by atoms with E-state index in [4.69, 9.17) is 18.9 Å². The normalized spacial score (nSPS) is 10.4. The smallest absolute Gasteiger partial charge is 0.311 e. The largest absolute Gasteiger partial charge is 0.469 e. The lowest BCUT2D eigenvalue weighted by molar-refractivity contribution is -0.156. The number of ether oxygens (including phenoxy) is 7. The number of aryl methyl sites for hydroxylation is 1. The number of rotatable bonds is 33. The Balaban J connectivity index is -0.000000289. The Morgan fingerprint density at radius 1 is 0.387 bits per heavy atom. The van der Waals surface area contributed by atoms with E-state index in [1.54, 1.807) is 54.6 Å². The Bertz CT molecular complexity index is 3180. The van der Waals surface area contributed by atoms with Gasteiger partial charge in [-0.2, -0.15) is 0 Å². The first kappa shape index (κ1) is 113. The third-order valence-electron chi connectivity index (χ3n) is 14.6. The second-order valence-electron chi connectivity index (χ2n) is 30.6. The van der Waals surface area contributed by atoms with Gasteiger partial charge in [0.15, 0.2) is 0 Å². The molecule has 3 aromatic carbocycles. The van der Waals surface area contributed by atoms with Gasteiger partial charge in [0, 0.05) is 120 Å². The maximum Gasteiger partial charge on any atom is 0.311 e. The number of Topliss-reactive ketones (excluding diaryl/α,β-unsaturated/α-hetero) is 5. The van der Waals surface area contributed by atoms with Crippen molar-refractivity contribution < 1.29 is 100 Å². The molecule has 0 heterocycles. The quantitative estimate of drug-likeness (QED) is 0.0248. The zero-order valence-corrected chi connectivity index (χ0v) is 73.4. The van der Waals surface area contributed by atoms with Crippen molar-refractivity contribution in [3.8, 4) is 17.2 Å². The molecule has 0 aromatic heterocycles. The predicted molar refractivity (Wildman–Crippen MR) is 438 cm³/mol. The molecule has 0 aliphatic heterocycles. The van der Waals surface area contributed by atoms with Gasteiger partial charge in [0.1, 0.15) is 51.8 Å². The summed E-state index contributed by atoms with van der Waals surface area (Å²) in [6.07, 6.45) is 8.82. The van der Waals surface area contributed by atoms with Crippen LogP contribution >= 0.6 is 0 Å². The molecular formula is C88H144N2O21. The van der Waals surface area contributed by atoms with E-state index in [0.29, 0.717) is 105 Å². The number of benzene rings is 3. The zero-order valence-electron chi connectivity index (χ0n) is 73.4. The van der Waals surface area contributed by atoms with E-state index in [9.17, 15) is 67.1 Å². The van der Waals surface area contributed by atoms with Gasteiger partial charge < -0.3 is 43.8 Å². The molecule has 632 valence electrons. The molecule has 0 aliphatic rings. The van der Waals surface area contributed by atoms with Crippen LogP contribution in [0, 0.1) is 52.8 Å². The lowest BCUT2D eigenvalue weighted by Gasteiger charge is -2.23. The number of ketones is 5. The van der Waals surface area contributed by atoms with Crippen LogP contribution in [0.1, 0.15) is 297 Å². The highest BCUT2D eigenvalue weighted by atomic mass is 16.6. The Morgan fingerprint density at radius 2 is 0.757 bits per heavy atom. The average molecular weight is 1570 g/mol. The summed E-state index contributed by atoms with van der Waals surface area (Å²) in [5.74, 6) is 1.58. The van der Waals surface area contributed by atoms with Crippen LogP contribution in [0.15, 0.2) is 72.8 Å². The van der Waals surface area contributed by atoms with Crippen LogP contribution in [0.2, 0.25) is 0 Å². The van der Waals surface area contributed by atoms with Gasteiger partial charge in [-0.15, -0.1) is 0 Å². The maximum atomic E-state index is 11.9. The summed E-state index contributed by atoms with van der Waals surface area (Å²) in [7, 11) is 4.13. The number of unbranched alkanes of at least 4 members (excludes halogenated alkanes) is 1. The van der Waals surface area contributed by atoms with Crippen LogP contribution in [0.4, 0.5) is 0 Å². The highest BCUT2D eigenvalue weighted by molar-refractivity contribution is 5.95. The molecule has 0 saturated carbocycles. The Hall–Kier alpha value is -8.76. The van der Waals surface area contributed by atoms with Gasteiger partial charge in [0.2, 0.25) is 0 Å². The van der Waals surface area contributed by atoms with E-state index in [2.05, 4.69) is 73.3 Å². The van der Waals surface area contributed by atoms with Crippen molar-refractivity contribution in [2.45, 2.75) is 282 Å². The van der Waals surface area contributed by atoms with Gasteiger partial charge in [-0.3, -0.25) is 67.1 Å². The topological polar surface area (TPSA) is 328 Å². The molecule has 2 amide bonds. The molecule has 0 fully saturated rings. The van der Waals surface area contributed by atoms with Gasteiger partial charge in [-0.25, -0.2) is 0 Å². The van der Waals surface area contributed by atoms with Gasteiger partial charge in [-0.05, 0) is 138 Å². The average Bonchev–Trinajstić information content (AvgIpc) is 0.906. The minimum absolute atomic E-state index is 0.0136. The van der Waals surface area contributed by atoms with Crippen molar-refractivity contribution in [3.05, 3.63) is 89.5 Å². The fourth-order valence-corrected chi connectivity index (χ4v) is 8.25. The Morgan fingerprint density at radius 3 is 1.14 bits per heavy atom. The molecule has 3 rings (SSSR count). The van der Waals surface area contributed by atoms with Crippen LogP contribution in [-0.4, -0.2) is 123 Å². The molecule has 0 aliphatic carbocycles. The predicted octanol–water partition coefficient (Wildman–Crippen LogP) is 17.9. The second-order valence-corrected chi connectivity index (χ2v) is 30.6. The van der Waals surface area contributed by atoms with E-state index in [-0.39, 0.29) is 118 Å². The van der Waals surface area contributed by atoms with Gasteiger partial charge in [0.05, 0.1) is 33.2 Å². The van der Waals surface area contributed by atoms with Crippen LogP contribution < -0.4 is 24.8 Å². The number of methoxy groups -OCH3 is 3. The fraction of sp³-hybridized carbons (Fsp3) is 0.636. The standard InChI is InChI=1S/2C15H19NO4.C14H18O3.C10H18O3.2C9H18O2.C8H14O3.C5H12.C3H8/c1-10(2)14(18)8-9-16-15(19)12-4-6-13(7-5-12)20-11(3)17;1-10(2)14(18)7-8-16-15(19)12-5-4-6-13(9-12)20-11(3)17;1-10(2)14(16)8-7-12-5-4-6-13(9-12)17-11(3)15;1-8(2)9(11)6-4-5-7-10(12)13-3;1-7(2)6-9(3,4)8(10)11-5;1-7(2)6-8(10)11-9(3,4)5;1-6(2)7(9)4-5-8(10)11-3;1-4-5(2)3;1-3-2/h4-7,10H,8-9H2,1-3H3,(H,16,19);4-6,9-10H,7-8H2,1-3H3,(H,16,19);4-6,9-10H,7-8H2,1-3H3;8H,4-7H2,1-3H3;2*7H,6H2,1-5H3;6H,4-5H2,1-3H3;5H,4H2,1-3H3;3H2,1-2H3. The molecule has 0 spiro atoms. The molecular weight excluding hydrogens is 1420 g/mol. The first-order valence-electron chi connectivity index (χ1n) is 38.8. The number of carbonyl (C=O) groups is 14. The van der Waals surface area contributed by atoms with E-state index in [1.165, 1.54) is 61.0 Å². The minimum atomic E-state index is -0.440. The fourth-order valence-electron chi connectivity index (χ4n) is 8.25. The van der Waals surface area contributed by atoms with Crippen molar-refractivity contribution in [1.29, 1.82) is 0 Å². The van der Waals surface area contributed by atoms with Gasteiger partial charge >= 0.3 is 41.8 Å². The lowest BCUT2D eigenvalue weighted by atomic mass is 9.84. The number of carbonyl (C=O) groups excluding carboxylic acids is 14. The van der Waals surface area contributed by atoms with Gasteiger partial charge in [-0.1, -0.05) is 163 Å². The minimum Gasteiger partial charge on any atom is -0.469 e. The number of nitrogens with one attached hydrogen (secondary N) is 2. The molecule has 111 heavy (non-hydrogen) atoms. The molecule has 3 aromatic rings.